The van der Waals surface area contributed by atoms with E-state index in [2.05, 4.69) is 34.1 Å². The van der Waals surface area contributed by atoms with E-state index in [1.54, 1.807) is 11.3 Å². The van der Waals surface area contributed by atoms with Crippen LogP contribution in [0, 0.1) is 5.41 Å². The summed E-state index contributed by atoms with van der Waals surface area (Å²) in [5.74, 6) is 0. The standard InChI is InChI=1S/C12H17N3S/c1-12(3-2-9(13)6-12)7-10-8-15-4-5-16-11(15)14-10/h4-5,8-9H,2-3,6-7,13H2,1H3. The maximum atomic E-state index is 6.00. The molecule has 0 amide bonds. The molecular formula is C12H17N3S. The first-order chi connectivity index (χ1) is 7.65. The number of fused-ring (bicyclic) bond motifs is 1. The molecule has 0 bridgehead atoms. The van der Waals surface area contributed by atoms with Crippen LogP contribution in [0.3, 0.4) is 0 Å². The van der Waals surface area contributed by atoms with Crippen molar-refractivity contribution in [2.45, 2.75) is 38.6 Å². The van der Waals surface area contributed by atoms with E-state index in [4.69, 9.17) is 5.73 Å². The normalized spacial score (nSPS) is 30.2. The molecule has 0 spiro atoms. The van der Waals surface area contributed by atoms with Gasteiger partial charge >= 0.3 is 0 Å². The Hall–Kier alpha value is -0.870. The molecule has 1 fully saturated rings. The van der Waals surface area contributed by atoms with Crippen molar-refractivity contribution < 1.29 is 0 Å². The van der Waals surface area contributed by atoms with Crippen molar-refractivity contribution in [2.24, 2.45) is 11.1 Å². The van der Waals surface area contributed by atoms with Gasteiger partial charge in [-0.05, 0) is 31.1 Å². The van der Waals surface area contributed by atoms with Crippen molar-refractivity contribution in [3.8, 4) is 0 Å². The van der Waals surface area contributed by atoms with Gasteiger partial charge in [0.2, 0.25) is 0 Å². The highest BCUT2D eigenvalue weighted by Crippen LogP contribution is 2.39. The Morgan fingerprint density at radius 3 is 3.25 bits per heavy atom. The average molecular weight is 235 g/mol. The molecule has 1 aliphatic carbocycles. The Balaban J connectivity index is 1.82. The minimum Gasteiger partial charge on any atom is -0.328 e. The fourth-order valence-electron chi connectivity index (χ4n) is 2.83. The van der Waals surface area contributed by atoms with Gasteiger partial charge in [-0.15, -0.1) is 11.3 Å². The Morgan fingerprint density at radius 2 is 2.56 bits per heavy atom. The molecule has 2 atom stereocenters. The monoisotopic (exact) mass is 235 g/mol. The summed E-state index contributed by atoms with van der Waals surface area (Å²) in [6.07, 6.45) is 8.82. The number of nitrogens with two attached hydrogens (primary N) is 1. The Labute approximate surface area is 99.3 Å². The van der Waals surface area contributed by atoms with Crippen LogP contribution in [0.15, 0.2) is 17.8 Å². The summed E-state index contributed by atoms with van der Waals surface area (Å²) < 4.78 is 2.11. The summed E-state index contributed by atoms with van der Waals surface area (Å²) in [6, 6.07) is 0.397. The van der Waals surface area contributed by atoms with Crippen LogP contribution in [0.25, 0.3) is 4.96 Å². The number of imidazole rings is 1. The fraction of sp³-hybridized carbons (Fsp3) is 0.583. The second kappa shape index (κ2) is 3.57. The van der Waals surface area contributed by atoms with Gasteiger partial charge in [0.05, 0.1) is 5.69 Å². The van der Waals surface area contributed by atoms with Gasteiger partial charge in [-0.25, -0.2) is 4.98 Å². The van der Waals surface area contributed by atoms with E-state index in [1.807, 2.05) is 0 Å². The Morgan fingerprint density at radius 1 is 1.69 bits per heavy atom. The molecule has 16 heavy (non-hydrogen) atoms. The molecule has 0 radical (unpaired) electrons. The van der Waals surface area contributed by atoms with Crippen molar-refractivity contribution in [3.63, 3.8) is 0 Å². The zero-order valence-corrected chi connectivity index (χ0v) is 10.3. The number of aromatic nitrogens is 2. The van der Waals surface area contributed by atoms with Crippen molar-refractivity contribution in [2.75, 3.05) is 0 Å². The van der Waals surface area contributed by atoms with E-state index in [9.17, 15) is 0 Å². The Kier molecular flexibility index (Phi) is 2.30. The molecule has 86 valence electrons. The lowest BCUT2D eigenvalue weighted by molar-refractivity contribution is 0.327. The quantitative estimate of drug-likeness (QED) is 0.869. The number of rotatable bonds is 2. The molecule has 2 unspecified atom stereocenters. The third kappa shape index (κ3) is 1.76. The van der Waals surface area contributed by atoms with E-state index < -0.39 is 0 Å². The molecule has 4 heteroatoms. The zero-order chi connectivity index (χ0) is 11.2. The first kappa shape index (κ1) is 10.3. The lowest BCUT2D eigenvalue weighted by Gasteiger charge is -2.22. The van der Waals surface area contributed by atoms with Crippen molar-refractivity contribution in [1.29, 1.82) is 0 Å². The van der Waals surface area contributed by atoms with Crippen LogP contribution in [0.1, 0.15) is 31.9 Å². The number of hydrogen-bond donors (Lipinski definition) is 1. The van der Waals surface area contributed by atoms with Crippen LogP contribution in [0.5, 0.6) is 0 Å². The Bertz CT molecular complexity index is 473. The first-order valence-electron chi connectivity index (χ1n) is 5.81. The molecule has 0 saturated heterocycles. The molecule has 1 saturated carbocycles. The summed E-state index contributed by atoms with van der Waals surface area (Å²) in [7, 11) is 0. The molecule has 3 nitrogen and oxygen atoms in total. The van der Waals surface area contributed by atoms with Gasteiger partial charge in [0, 0.05) is 23.8 Å². The molecule has 2 aromatic rings. The molecule has 2 heterocycles. The van der Waals surface area contributed by atoms with Crippen molar-refractivity contribution in [1.82, 2.24) is 9.38 Å². The molecule has 0 aliphatic heterocycles. The van der Waals surface area contributed by atoms with Crippen LogP contribution in [-0.4, -0.2) is 15.4 Å². The highest BCUT2D eigenvalue weighted by atomic mass is 32.1. The van der Waals surface area contributed by atoms with E-state index in [-0.39, 0.29) is 0 Å². The van der Waals surface area contributed by atoms with Crippen LogP contribution >= 0.6 is 11.3 Å². The van der Waals surface area contributed by atoms with Crippen LogP contribution in [-0.2, 0) is 6.42 Å². The number of thiazole rings is 1. The molecule has 2 aromatic heterocycles. The maximum Gasteiger partial charge on any atom is 0.193 e. The predicted molar refractivity (Wildman–Crippen MR) is 66.7 cm³/mol. The van der Waals surface area contributed by atoms with Crippen LogP contribution in [0.2, 0.25) is 0 Å². The topological polar surface area (TPSA) is 43.3 Å². The van der Waals surface area contributed by atoms with Gasteiger partial charge in [0.15, 0.2) is 4.96 Å². The van der Waals surface area contributed by atoms with E-state index >= 15 is 0 Å². The van der Waals surface area contributed by atoms with Gasteiger partial charge < -0.3 is 5.73 Å². The van der Waals surface area contributed by atoms with Crippen molar-refractivity contribution >= 4 is 16.3 Å². The second-order valence-corrected chi connectivity index (χ2v) is 6.19. The van der Waals surface area contributed by atoms with E-state index in [1.165, 1.54) is 18.5 Å². The van der Waals surface area contributed by atoms with Gasteiger partial charge in [-0.3, -0.25) is 4.40 Å². The second-order valence-electron chi connectivity index (χ2n) is 5.32. The van der Waals surface area contributed by atoms with Crippen LogP contribution in [0.4, 0.5) is 0 Å². The van der Waals surface area contributed by atoms with Gasteiger partial charge in [0.25, 0.3) is 0 Å². The highest BCUT2D eigenvalue weighted by molar-refractivity contribution is 7.15. The third-order valence-corrected chi connectivity index (χ3v) is 4.40. The lowest BCUT2D eigenvalue weighted by atomic mass is 9.84. The average Bonchev–Trinajstić information content (AvgIpc) is 2.81. The first-order valence-corrected chi connectivity index (χ1v) is 6.69. The molecule has 0 aromatic carbocycles. The molecule has 1 aliphatic rings. The zero-order valence-electron chi connectivity index (χ0n) is 9.52. The van der Waals surface area contributed by atoms with E-state index in [0.29, 0.717) is 11.5 Å². The largest absolute Gasteiger partial charge is 0.328 e. The fourth-order valence-corrected chi connectivity index (χ4v) is 3.55. The van der Waals surface area contributed by atoms with Crippen LogP contribution < -0.4 is 5.73 Å². The summed E-state index contributed by atoms with van der Waals surface area (Å²) in [5, 5.41) is 2.07. The SMILES string of the molecule is CC1(Cc2cn3ccsc3n2)CCC(N)C1. The minimum atomic E-state index is 0.365. The number of hydrogen-bond acceptors (Lipinski definition) is 3. The summed E-state index contributed by atoms with van der Waals surface area (Å²) >= 11 is 1.69. The molecule has 2 N–H and O–H groups in total. The van der Waals surface area contributed by atoms with Crippen molar-refractivity contribution in [3.05, 3.63) is 23.5 Å². The van der Waals surface area contributed by atoms with E-state index in [0.717, 1.165) is 17.8 Å². The summed E-state index contributed by atoms with van der Waals surface area (Å²) in [5.41, 5.74) is 7.57. The molecular weight excluding hydrogens is 218 g/mol. The predicted octanol–water partition coefficient (Wildman–Crippen LogP) is 2.46. The maximum absolute atomic E-state index is 6.00. The smallest absolute Gasteiger partial charge is 0.193 e. The summed E-state index contributed by atoms with van der Waals surface area (Å²) in [4.78, 5) is 5.75. The summed E-state index contributed by atoms with van der Waals surface area (Å²) in [6.45, 7) is 2.34. The third-order valence-electron chi connectivity index (χ3n) is 3.62. The van der Waals surface area contributed by atoms with Gasteiger partial charge in [-0.1, -0.05) is 6.92 Å². The van der Waals surface area contributed by atoms with Gasteiger partial charge in [0.1, 0.15) is 0 Å². The van der Waals surface area contributed by atoms with Gasteiger partial charge in [-0.2, -0.15) is 0 Å². The number of nitrogens with zero attached hydrogens (tertiary/aromatic N) is 2. The molecule has 3 rings (SSSR count). The lowest BCUT2D eigenvalue weighted by Crippen LogP contribution is -2.21. The highest BCUT2D eigenvalue weighted by Gasteiger charge is 2.34. The minimum absolute atomic E-state index is 0.365.